The molecule has 54 heavy (non-hydrogen) atoms. The van der Waals surface area contributed by atoms with Crippen molar-refractivity contribution in [2.45, 2.75) is 188 Å². The molecule has 12 atom stereocenters. The van der Waals surface area contributed by atoms with Crippen LogP contribution in [-0.4, -0.2) is 109 Å². The third-order valence-electron chi connectivity index (χ3n) is 11.2. The number of aliphatic hydroxyl groups is 1. The van der Waals surface area contributed by atoms with E-state index in [-0.39, 0.29) is 71.3 Å². The Morgan fingerprint density at radius 2 is 1.04 bits per heavy atom. The van der Waals surface area contributed by atoms with Crippen LogP contribution in [-0.2, 0) is 42.6 Å². The Bertz CT molecular complexity index is 868. The number of halogens is 1. The van der Waals surface area contributed by atoms with Gasteiger partial charge in [0.15, 0.2) is 6.29 Å². The van der Waals surface area contributed by atoms with E-state index < -0.39 is 6.29 Å². The van der Waals surface area contributed by atoms with E-state index in [1.165, 1.54) is 64.2 Å². The average molecular weight is 781 g/mol. The normalized spacial score (nSPS) is 29.6. The van der Waals surface area contributed by atoms with Crippen LogP contribution in [0.5, 0.6) is 0 Å². The lowest BCUT2D eigenvalue weighted by atomic mass is 9.85. The molecule has 0 bridgehead atoms. The van der Waals surface area contributed by atoms with Gasteiger partial charge in [-0.25, -0.2) is 0 Å². The molecule has 11 heteroatoms. The van der Waals surface area contributed by atoms with Gasteiger partial charge < -0.3 is 47.7 Å². The molecule has 2 heterocycles. The summed E-state index contributed by atoms with van der Waals surface area (Å²) in [6.07, 6.45) is 19.8. The maximum absolute atomic E-state index is 10.1. The van der Waals surface area contributed by atoms with Crippen LogP contribution < -0.4 is 0 Å². The molecule has 2 saturated heterocycles. The summed E-state index contributed by atoms with van der Waals surface area (Å²) < 4.78 is 51.9. The first-order chi connectivity index (χ1) is 25.6. The van der Waals surface area contributed by atoms with Crippen molar-refractivity contribution in [2.24, 2.45) is 23.7 Å². The Labute approximate surface area is 330 Å². The number of rotatable bonds is 28. The van der Waals surface area contributed by atoms with Crippen LogP contribution in [0.3, 0.4) is 0 Å². The predicted molar refractivity (Wildman–Crippen MR) is 215 cm³/mol. The van der Waals surface area contributed by atoms with Crippen molar-refractivity contribution in [3.8, 4) is 0 Å². The molecule has 0 amide bonds. The molecular formula is C43H85FO10. The first-order valence-electron chi connectivity index (χ1n) is 21.2. The van der Waals surface area contributed by atoms with Crippen LogP contribution in [0.2, 0.25) is 0 Å². The number of methoxy groups -OCH3 is 4. The van der Waals surface area contributed by atoms with E-state index in [9.17, 15) is 5.11 Å². The largest absolute Gasteiger partial charge is 0.472 e. The summed E-state index contributed by atoms with van der Waals surface area (Å²) in [5.41, 5.74) is 0. The van der Waals surface area contributed by atoms with Crippen LogP contribution >= 0.6 is 0 Å². The van der Waals surface area contributed by atoms with Crippen LogP contribution in [0.1, 0.15) is 138 Å². The monoisotopic (exact) mass is 781 g/mol. The molecule has 0 radical (unpaired) electrons. The van der Waals surface area contributed by atoms with E-state index >= 15 is 0 Å². The molecular weight excluding hydrogens is 695 g/mol. The maximum Gasteiger partial charge on any atom is 0.204 e. The van der Waals surface area contributed by atoms with Crippen molar-refractivity contribution in [1.82, 2.24) is 0 Å². The second kappa shape index (κ2) is 33.1. The first kappa shape index (κ1) is 53.1. The topological polar surface area (TPSA) is 103 Å². The van der Waals surface area contributed by atoms with Crippen molar-refractivity contribution >= 4 is 0 Å². The molecule has 2 aliphatic heterocycles. The fourth-order valence-corrected chi connectivity index (χ4v) is 7.56. The van der Waals surface area contributed by atoms with Gasteiger partial charge in [-0.1, -0.05) is 112 Å². The molecule has 0 aliphatic carbocycles. The molecule has 324 valence electrons. The first-order valence-corrected chi connectivity index (χ1v) is 21.2. The standard InChI is InChI=1S/C23H44O5.C20H40O5.FH/c1-7-9-10-11-12-13-20(25-6)14-16-26-22-18(3)21(17-24-5)28-23(19(22)4)27-15-8-2;1-6-7-8-9-10-11-17(23-5)12-13-24-19-15(2)18(14-22-4)25-20(21)16(19)3;/h8,15,18-23H,7,9-14,16-17H2,1-6H3;15-21H,6-14H2,1-5H3;1H/b15-8-;;/t18-,19-,20-,21-,22+,23+;15-,16-,17-,18-,19+,20?;/m11./s1. The van der Waals surface area contributed by atoms with Gasteiger partial charge in [0.2, 0.25) is 6.29 Å². The molecule has 2 rings (SSSR count). The van der Waals surface area contributed by atoms with Gasteiger partial charge in [-0.05, 0) is 32.6 Å². The Kier molecular flexibility index (Phi) is 32.6. The molecule has 10 nitrogen and oxygen atoms in total. The Morgan fingerprint density at radius 3 is 1.46 bits per heavy atom. The Morgan fingerprint density at radius 1 is 0.593 bits per heavy atom. The zero-order valence-electron chi connectivity index (χ0n) is 36.3. The second-order valence-electron chi connectivity index (χ2n) is 15.4. The number of hydrogen-bond donors (Lipinski definition) is 1. The number of aliphatic hydroxyl groups excluding tert-OH is 1. The van der Waals surface area contributed by atoms with Crippen molar-refractivity contribution < 1.29 is 52.4 Å². The van der Waals surface area contributed by atoms with E-state index in [2.05, 4.69) is 34.6 Å². The molecule has 0 spiro atoms. The van der Waals surface area contributed by atoms with Crippen LogP contribution in [0.15, 0.2) is 12.3 Å². The zero-order chi connectivity index (χ0) is 39.4. The van der Waals surface area contributed by atoms with Crippen LogP contribution in [0.25, 0.3) is 0 Å². The molecule has 0 aromatic rings. The Hall–Kier alpha value is -0.890. The quantitative estimate of drug-likeness (QED) is 0.0611. The summed E-state index contributed by atoms with van der Waals surface area (Å²) in [7, 11) is 6.95. The highest BCUT2D eigenvalue weighted by molar-refractivity contribution is 4.88. The molecule has 1 unspecified atom stereocenters. The van der Waals surface area contributed by atoms with Gasteiger partial charge in [0.1, 0.15) is 0 Å². The van der Waals surface area contributed by atoms with Crippen molar-refractivity contribution in [2.75, 3.05) is 54.9 Å². The van der Waals surface area contributed by atoms with Gasteiger partial charge in [0.25, 0.3) is 0 Å². The van der Waals surface area contributed by atoms with Crippen molar-refractivity contribution in [3.63, 3.8) is 0 Å². The minimum Gasteiger partial charge on any atom is -0.472 e. The summed E-state index contributed by atoms with van der Waals surface area (Å²) in [5.74, 6) is 0.538. The number of hydrogen-bond acceptors (Lipinski definition) is 10. The molecule has 0 aromatic carbocycles. The molecule has 2 fully saturated rings. The molecule has 2 aliphatic rings. The lowest BCUT2D eigenvalue weighted by Gasteiger charge is -2.43. The van der Waals surface area contributed by atoms with Gasteiger partial charge in [-0.2, -0.15) is 0 Å². The Balaban J connectivity index is 0.00000103. The fourth-order valence-electron chi connectivity index (χ4n) is 7.56. The predicted octanol–water partition coefficient (Wildman–Crippen LogP) is 9.26. The van der Waals surface area contributed by atoms with E-state index in [4.69, 9.17) is 42.6 Å². The minimum absolute atomic E-state index is 0. The average Bonchev–Trinajstić information content (AvgIpc) is 3.15. The number of ether oxygens (including phenoxy) is 9. The fraction of sp³-hybridized carbons (Fsp3) is 0.953. The van der Waals surface area contributed by atoms with E-state index in [0.717, 1.165) is 25.7 Å². The summed E-state index contributed by atoms with van der Waals surface area (Å²) in [5, 5.41) is 10.1. The summed E-state index contributed by atoms with van der Waals surface area (Å²) in [6, 6.07) is 0. The van der Waals surface area contributed by atoms with Gasteiger partial charge in [0.05, 0.1) is 56.1 Å². The van der Waals surface area contributed by atoms with E-state index in [1.54, 1.807) is 27.6 Å². The van der Waals surface area contributed by atoms with Gasteiger partial charge in [0, 0.05) is 65.3 Å². The smallest absolute Gasteiger partial charge is 0.204 e. The SMILES string of the molecule is C/C=C\O[C@H]1O[C@H](COC)[C@@H](C)[C@H](OCC[C@@H](CCCCCCC)OC)[C@H]1C.CCCCCCC[C@H](CCO[C@H]1[C@H](C)[C@@H](COC)OC(O)[C@@H]1C)OC.F. The zero-order valence-corrected chi connectivity index (χ0v) is 36.3. The van der Waals surface area contributed by atoms with Crippen LogP contribution in [0.4, 0.5) is 4.70 Å². The highest BCUT2D eigenvalue weighted by Crippen LogP contribution is 2.34. The third kappa shape index (κ3) is 20.5. The van der Waals surface area contributed by atoms with Crippen molar-refractivity contribution in [1.29, 1.82) is 0 Å². The highest BCUT2D eigenvalue weighted by atomic mass is 19.0. The maximum atomic E-state index is 10.1. The van der Waals surface area contributed by atoms with Gasteiger partial charge >= 0.3 is 0 Å². The molecule has 0 aromatic heterocycles. The lowest BCUT2D eigenvalue weighted by molar-refractivity contribution is -0.260. The lowest BCUT2D eigenvalue weighted by Crippen LogP contribution is -2.52. The third-order valence-corrected chi connectivity index (χ3v) is 11.2. The second-order valence-corrected chi connectivity index (χ2v) is 15.4. The summed E-state index contributed by atoms with van der Waals surface area (Å²) in [4.78, 5) is 0. The van der Waals surface area contributed by atoms with E-state index in [1.807, 2.05) is 27.0 Å². The van der Waals surface area contributed by atoms with Gasteiger partial charge in [-0.3, -0.25) is 4.70 Å². The molecule has 1 N–H and O–H groups in total. The highest BCUT2D eigenvalue weighted by Gasteiger charge is 2.43. The molecule has 0 saturated carbocycles. The van der Waals surface area contributed by atoms with Gasteiger partial charge in [-0.15, -0.1) is 0 Å². The van der Waals surface area contributed by atoms with Crippen molar-refractivity contribution in [3.05, 3.63) is 12.3 Å². The number of unbranched alkanes of at least 4 members (excludes halogenated alkanes) is 8. The van der Waals surface area contributed by atoms with Crippen LogP contribution in [0, 0.1) is 23.7 Å². The summed E-state index contributed by atoms with van der Waals surface area (Å²) >= 11 is 0. The number of allylic oxidation sites excluding steroid dienone is 1. The minimum atomic E-state index is -0.793. The summed E-state index contributed by atoms with van der Waals surface area (Å²) in [6.45, 7) is 17.2. The van der Waals surface area contributed by atoms with E-state index in [0.29, 0.717) is 26.4 Å².